The van der Waals surface area contributed by atoms with Gasteiger partial charge < -0.3 is 9.94 Å². The van der Waals surface area contributed by atoms with Crippen molar-refractivity contribution in [3.05, 3.63) is 0 Å². The van der Waals surface area contributed by atoms with E-state index in [0.29, 0.717) is 5.41 Å². The third kappa shape index (κ3) is 2.22. The summed E-state index contributed by atoms with van der Waals surface area (Å²) < 4.78 is 0. The Labute approximate surface area is 140 Å². The normalized spacial score (nSPS) is 54.3. The smallest absolute Gasteiger partial charge is 0.106 e. The molecule has 0 heterocycles. The quantitative estimate of drug-likeness (QED) is 0.728. The molecule has 0 aromatic heterocycles. The summed E-state index contributed by atoms with van der Waals surface area (Å²) in [6, 6.07) is 0. The van der Waals surface area contributed by atoms with E-state index in [4.69, 9.17) is 4.84 Å². The number of aliphatic hydroxyl groups excluding tert-OH is 1. The van der Waals surface area contributed by atoms with Crippen LogP contribution in [0.25, 0.3) is 0 Å². The Morgan fingerprint density at radius 2 is 1.78 bits per heavy atom. The van der Waals surface area contributed by atoms with Crippen LogP contribution in [0, 0.1) is 34.5 Å². The highest BCUT2D eigenvalue weighted by Gasteiger charge is 2.59. The van der Waals surface area contributed by atoms with Gasteiger partial charge in [-0.15, -0.1) is 0 Å². The highest BCUT2D eigenvalue weighted by atomic mass is 16.6. The van der Waals surface area contributed by atoms with Crippen LogP contribution in [0.3, 0.4) is 0 Å². The maximum atomic E-state index is 10.5. The zero-order chi connectivity index (χ0) is 16.2. The molecule has 0 amide bonds. The lowest BCUT2D eigenvalue weighted by atomic mass is 9.45. The number of oxime groups is 1. The van der Waals surface area contributed by atoms with Crippen LogP contribution in [-0.4, -0.2) is 24.0 Å². The molecule has 4 rings (SSSR count). The van der Waals surface area contributed by atoms with Crippen molar-refractivity contribution in [2.24, 2.45) is 39.7 Å². The maximum absolute atomic E-state index is 10.5. The Balaban J connectivity index is 1.58. The molecule has 23 heavy (non-hydrogen) atoms. The van der Waals surface area contributed by atoms with Gasteiger partial charge in [-0.3, -0.25) is 0 Å². The van der Waals surface area contributed by atoms with Crippen LogP contribution in [0.15, 0.2) is 5.16 Å². The van der Waals surface area contributed by atoms with Crippen molar-refractivity contribution in [2.75, 3.05) is 7.11 Å². The van der Waals surface area contributed by atoms with Crippen molar-refractivity contribution in [3.63, 3.8) is 0 Å². The van der Waals surface area contributed by atoms with E-state index in [0.717, 1.165) is 42.9 Å². The molecule has 0 aromatic rings. The van der Waals surface area contributed by atoms with Crippen molar-refractivity contribution < 1.29 is 9.94 Å². The Kier molecular flexibility index (Phi) is 3.79. The first kappa shape index (κ1) is 15.9. The van der Waals surface area contributed by atoms with Crippen LogP contribution in [0.4, 0.5) is 0 Å². The molecular formula is C20H33NO2. The number of hydrogen-bond donors (Lipinski definition) is 1. The first-order valence-electron chi connectivity index (χ1n) is 9.76. The summed E-state index contributed by atoms with van der Waals surface area (Å²) in [7, 11) is 1.67. The lowest BCUT2D eigenvalue weighted by Crippen LogP contribution is -2.54. The third-order valence-corrected chi connectivity index (χ3v) is 8.67. The fourth-order valence-corrected chi connectivity index (χ4v) is 7.24. The Bertz CT molecular complexity index is 504. The minimum Gasteiger partial charge on any atom is -0.399 e. The topological polar surface area (TPSA) is 41.8 Å². The van der Waals surface area contributed by atoms with Crippen molar-refractivity contribution in [2.45, 2.75) is 77.7 Å². The van der Waals surface area contributed by atoms with Crippen LogP contribution < -0.4 is 0 Å². The van der Waals surface area contributed by atoms with Gasteiger partial charge >= 0.3 is 0 Å². The van der Waals surface area contributed by atoms with E-state index in [-0.39, 0.29) is 11.5 Å². The number of nitrogens with zero attached hydrogens (tertiary/aromatic N) is 1. The van der Waals surface area contributed by atoms with Gasteiger partial charge in [0, 0.05) is 0 Å². The molecule has 4 fully saturated rings. The molecule has 4 aliphatic rings. The number of aliphatic hydroxyl groups is 1. The molecule has 3 nitrogen and oxygen atoms in total. The summed E-state index contributed by atoms with van der Waals surface area (Å²) in [5.74, 6) is 3.28. The number of rotatable bonds is 1. The number of hydrogen-bond acceptors (Lipinski definition) is 3. The zero-order valence-electron chi connectivity index (χ0n) is 15.1. The Morgan fingerprint density at radius 3 is 2.57 bits per heavy atom. The molecule has 0 aromatic carbocycles. The van der Waals surface area contributed by atoms with Crippen molar-refractivity contribution in [1.82, 2.24) is 0 Å². The second-order valence-electron chi connectivity index (χ2n) is 9.34. The SMILES string of the molecule is CO/N=C1\CC[C@@]2(C)[C@@H](CC[C@@H]3[C@@H]2CC[C@]2(C)[C@@H](O)CC[C@@H]32)C1. The van der Waals surface area contributed by atoms with Crippen LogP contribution in [0.2, 0.25) is 0 Å². The Hall–Kier alpha value is -0.570. The molecule has 1 N–H and O–H groups in total. The van der Waals surface area contributed by atoms with E-state index in [1.165, 1.54) is 44.2 Å². The minimum atomic E-state index is -0.0502. The van der Waals surface area contributed by atoms with E-state index in [1.807, 2.05) is 0 Å². The predicted molar refractivity (Wildman–Crippen MR) is 92.2 cm³/mol. The van der Waals surface area contributed by atoms with E-state index in [1.54, 1.807) is 7.11 Å². The minimum absolute atomic E-state index is 0.0502. The highest BCUT2D eigenvalue weighted by molar-refractivity contribution is 5.85. The molecule has 7 atom stereocenters. The number of fused-ring (bicyclic) bond motifs is 5. The van der Waals surface area contributed by atoms with E-state index < -0.39 is 0 Å². The summed E-state index contributed by atoms with van der Waals surface area (Å²) in [5.41, 5.74) is 1.98. The fourth-order valence-electron chi connectivity index (χ4n) is 7.24. The van der Waals surface area contributed by atoms with E-state index in [2.05, 4.69) is 19.0 Å². The van der Waals surface area contributed by atoms with Gasteiger partial charge in [-0.1, -0.05) is 19.0 Å². The zero-order valence-corrected chi connectivity index (χ0v) is 15.1. The van der Waals surface area contributed by atoms with Crippen LogP contribution in [0.5, 0.6) is 0 Å². The molecule has 0 saturated heterocycles. The highest BCUT2D eigenvalue weighted by Crippen LogP contribution is 2.65. The van der Waals surface area contributed by atoms with Gasteiger partial charge in [-0.25, -0.2) is 0 Å². The lowest BCUT2D eigenvalue weighted by Gasteiger charge is -2.60. The average molecular weight is 319 g/mol. The second-order valence-corrected chi connectivity index (χ2v) is 9.34. The van der Waals surface area contributed by atoms with Gasteiger partial charge in [0.15, 0.2) is 0 Å². The second kappa shape index (κ2) is 5.47. The molecule has 0 unspecified atom stereocenters. The molecule has 0 aliphatic heterocycles. The van der Waals surface area contributed by atoms with Crippen LogP contribution in [0.1, 0.15) is 71.6 Å². The van der Waals surface area contributed by atoms with Gasteiger partial charge in [0.1, 0.15) is 7.11 Å². The van der Waals surface area contributed by atoms with Gasteiger partial charge in [-0.2, -0.15) is 0 Å². The molecule has 0 radical (unpaired) electrons. The van der Waals surface area contributed by atoms with Crippen molar-refractivity contribution in [3.8, 4) is 0 Å². The van der Waals surface area contributed by atoms with Crippen LogP contribution >= 0.6 is 0 Å². The fraction of sp³-hybridized carbons (Fsp3) is 0.950. The van der Waals surface area contributed by atoms with Crippen molar-refractivity contribution in [1.29, 1.82) is 0 Å². The summed E-state index contributed by atoms with van der Waals surface area (Å²) in [5, 5.41) is 14.8. The summed E-state index contributed by atoms with van der Waals surface area (Å²) >= 11 is 0. The Morgan fingerprint density at radius 1 is 1.00 bits per heavy atom. The van der Waals surface area contributed by atoms with Gasteiger partial charge in [-0.05, 0) is 92.3 Å². The molecule has 4 saturated carbocycles. The summed E-state index contributed by atoms with van der Waals surface area (Å²) in [6.45, 7) is 4.95. The summed E-state index contributed by atoms with van der Waals surface area (Å²) in [4.78, 5) is 5.04. The van der Waals surface area contributed by atoms with E-state index in [9.17, 15) is 5.11 Å². The molecule has 0 spiro atoms. The van der Waals surface area contributed by atoms with Crippen LogP contribution in [-0.2, 0) is 4.84 Å². The third-order valence-electron chi connectivity index (χ3n) is 8.67. The monoisotopic (exact) mass is 319 g/mol. The largest absolute Gasteiger partial charge is 0.399 e. The van der Waals surface area contributed by atoms with E-state index >= 15 is 0 Å². The maximum Gasteiger partial charge on any atom is 0.106 e. The molecule has 0 bridgehead atoms. The molecule has 3 heteroatoms. The predicted octanol–water partition coefficient (Wildman–Crippen LogP) is 4.39. The first-order chi connectivity index (χ1) is 11.0. The molecule has 4 aliphatic carbocycles. The van der Waals surface area contributed by atoms with Gasteiger partial charge in [0.25, 0.3) is 0 Å². The molecule has 130 valence electrons. The summed E-state index contributed by atoms with van der Waals surface area (Å²) in [6.07, 6.45) is 11.1. The standard InChI is InChI=1S/C20H33NO2/c1-19-10-8-14(21-23-3)12-13(19)4-5-15-16-6-7-18(22)20(16,2)11-9-17(15)19/h13,15-18,22H,4-12H2,1-3H3/b21-14+/t13-,15-,16-,17-,18-,19-,20-/m0/s1. The molecular weight excluding hydrogens is 286 g/mol. The first-order valence-corrected chi connectivity index (χ1v) is 9.76. The van der Waals surface area contributed by atoms with Crippen molar-refractivity contribution >= 4 is 5.71 Å². The average Bonchev–Trinajstić information content (AvgIpc) is 2.84. The van der Waals surface area contributed by atoms with Gasteiger partial charge in [0.05, 0.1) is 11.8 Å². The van der Waals surface area contributed by atoms with Gasteiger partial charge in [0.2, 0.25) is 0 Å². The lowest BCUT2D eigenvalue weighted by molar-refractivity contribution is -0.112.